The molecule has 0 aromatic rings. The fraction of sp³-hybridized carbons (Fsp3) is 0.765. The molecule has 0 aromatic carbocycles. The maximum atomic E-state index is 12.7. The van der Waals surface area contributed by atoms with Crippen LogP contribution in [0.3, 0.4) is 0 Å². The Labute approximate surface area is 147 Å². The van der Waals surface area contributed by atoms with Crippen molar-refractivity contribution in [2.24, 2.45) is 5.92 Å². The molecule has 2 aliphatic rings. The van der Waals surface area contributed by atoms with Gasteiger partial charge in [0.15, 0.2) is 0 Å². The highest BCUT2D eigenvalue weighted by molar-refractivity contribution is 5.87. The summed E-state index contributed by atoms with van der Waals surface area (Å²) in [4.78, 5) is 38.8. The van der Waals surface area contributed by atoms with Crippen LogP contribution in [-0.4, -0.2) is 63.7 Å². The van der Waals surface area contributed by atoms with Gasteiger partial charge in [-0.25, -0.2) is 4.79 Å². The zero-order valence-corrected chi connectivity index (χ0v) is 14.9. The predicted molar refractivity (Wildman–Crippen MR) is 87.4 cm³/mol. The smallest absolute Gasteiger partial charge is 0.407 e. The Morgan fingerprint density at radius 2 is 1.96 bits per heavy atom. The Balaban J connectivity index is 2.05. The zero-order chi connectivity index (χ0) is 18.8. The molecule has 1 N–H and O–H groups in total. The van der Waals surface area contributed by atoms with E-state index < -0.39 is 29.7 Å². The van der Waals surface area contributed by atoms with Crippen LogP contribution in [0.25, 0.3) is 0 Å². The second-order valence-electron chi connectivity index (χ2n) is 7.66. The van der Waals surface area contributed by atoms with E-state index in [0.717, 1.165) is 11.3 Å². The van der Waals surface area contributed by atoms with Gasteiger partial charge in [-0.15, -0.1) is 0 Å². The van der Waals surface area contributed by atoms with Gasteiger partial charge in [0.05, 0.1) is 12.5 Å². The number of carbonyl (C=O) groups excluding carboxylic acids is 2. The number of hydrogen-bond acceptors (Lipinski definition) is 5. The van der Waals surface area contributed by atoms with E-state index in [1.165, 1.54) is 4.90 Å². The molecule has 0 saturated carbocycles. The lowest BCUT2D eigenvalue weighted by molar-refractivity contribution is -0.156. The average Bonchev–Trinajstić information content (AvgIpc) is 3.10. The zero-order valence-electron chi connectivity index (χ0n) is 14.9. The topological polar surface area (TPSA) is 111 Å². The van der Waals surface area contributed by atoms with E-state index in [0.29, 0.717) is 13.0 Å². The van der Waals surface area contributed by atoms with Crippen LogP contribution >= 0.6 is 0 Å². The molecule has 8 nitrogen and oxygen atoms in total. The molecule has 2 saturated heterocycles. The van der Waals surface area contributed by atoms with Crippen molar-refractivity contribution in [2.75, 3.05) is 13.1 Å². The third kappa shape index (κ3) is 4.62. The van der Waals surface area contributed by atoms with Gasteiger partial charge in [0.1, 0.15) is 17.7 Å². The number of carboxylic acid groups (broad SMARTS) is 1. The SMILES string of the molecule is CC(C)(C)OC(=O)C[C@H]1C[C@@H](C(=O)N2CCC[C@H]2C#N)N(C(=O)O)C1. The lowest BCUT2D eigenvalue weighted by Gasteiger charge is -2.27. The van der Waals surface area contributed by atoms with Crippen molar-refractivity contribution in [2.45, 2.75) is 64.1 Å². The van der Waals surface area contributed by atoms with Gasteiger partial charge in [0.2, 0.25) is 5.91 Å². The van der Waals surface area contributed by atoms with Crippen LogP contribution in [-0.2, 0) is 14.3 Å². The first-order valence-corrected chi connectivity index (χ1v) is 8.54. The molecule has 0 aliphatic carbocycles. The Hall–Kier alpha value is -2.30. The molecule has 8 heteroatoms. The molecule has 3 atom stereocenters. The van der Waals surface area contributed by atoms with Gasteiger partial charge in [-0.1, -0.05) is 0 Å². The predicted octanol–water partition coefficient (Wildman–Crippen LogP) is 1.60. The van der Waals surface area contributed by atoms with Crippen molar-refractivity contribution < 1.29 is 24.2 Å². The van der Waals surface area contributed by atoms with Gasteiger partial charge >= 0.3 is 12.1 Å². The van der Waals surface area contributed by atoms with E-state index in [1.807, 2.05) is 0 Å². The van der Waals surface area contributed by atoms with E-state index in [9.17, 15) is 19.5 Å². The maximum absolute atomic E-state index is 12.7. The minimum Gasteiger partial charge on any atom is -0.465 e. The van der Waals surface area contributed by atoms with Gasteiger partial charge in [-0.2, -0.15) is 5.26 Å². The molecule has 2 amide bonds. The third-order valence-electron chi connectivity index (χ3n) is 4.48. The van der Waals surface area contributed by atoms with Crippen LogP contribution in [0, 0.1) is 17.2 Å². The summed E-state index contributed by atoms with van der Waals surface area (Å²) in [7, 11) is 0. The molecule has 2 heterocycles. The van der Waals surface area contributed by atoms with Crippen LogP contribution < -0.4 is 0 Å². The highest BCUT2D eigenvalue weighted by Gasteiger charge is 2.44. The summed E-state index contributed by atoms with van der Waals surface area (Å²) in [5.41, 5.74) is -0.604. The second-order valence-corrected chi connectivity index (χ2v) is 7.66. The Bertz CT molecular complexity index is 592. The molecule has 0 radical (unpaired) electrons. The van der Waals surface area contributed by atoms with Gasteiger partial charge in [0, 0.05) is 13.1 Å². The molecule has 25 heavy (non-hydrogen) atoms. The van der Waals surface area contributed by atoms with Crippen molar-refractivity contribution in [3.63, 3.8) is 0 Å². The molecule has 2 fully saturated rings. The van der Waals surface area contributed by atoms with Gasteiger partial charge in [0.25, 0.3) is 0 Å². The van der Waals surface area contributed by atoms with Crippen LogP contribution in [0.2, 0.25) is 0 Å². The Kier molecular flexibility index (Phi) is 5.55. The fourth-order valence-electron chi connectivity index (χ4n) is 3.49. The van der Waals surface area contributed by atoms with Crippen molar-refractivity contribution in [3.05, 3.63) is 0 Å². The quantitative estimate of drug-likeness (QED) is 0.773. The number of esters is 1. The van der Waals surface area contributed by atoms with E-state index >= 15 is 0 Å². The number of rotatable bonds is 3. The van der Waals surface area contributed by atoms with E-state index in [1.54, 1.807) is 20.8 Å². The van der Waals surface area contributed by atoms with Crippen LogP contribution in [0.5, 0.6) is 0 Å². The highest BCUT2D eigenvalue weighted by atomic mass is 16.6. The first-order chi connectivity index (χ1) is 11.6. The largest absolute Gasteiger partial charge is 0.465 e. The monoisotopic (exact) mass is 351 g/mol. The summed E-state index contributed by atoms with van der Waals surface area (Å²) < 4.78 is 5.28. The first-order valence-electron chi connectivity index (χ1n) is 8.54. The first kappa shape index (κ1) is 19.0. The lowest BCUT2D eigenvalue weighted by Crippen LogP contribution is -2.48. The normalized spacial score (nSPS) is 26.4. The molecule has 0 unspecified atom stereocenters. The summed E-state index contributed by atoms with van der Waals surface area (Å²) in [6, 6.07) is 0.770. The fourth-order valence-corrected chi connectivity index (χ4v) is 3.49. The number of ether oxygens (including phenoxy) is 1. The molecular weight excluding hydrogens is 326 g/mol. The summed E-state index contributed by atoms with van der Waals surface area (Å²) >= 11 is 0. The molecular formula is C17H25N3O5. The Morgan fingerprint density at radius 3 is 2.52 bits per heavy atom. The number of hydrogen-bond donors (Lipinski definition) is 1. The molecule has 0 aromatic heterocycles. The van der Waals surface area contributed by atoms with Crippen LogP contribution in [0.4, 0.5) is 4.79 Å². The molecule has 0 spiro atoms. The van der Waals surface area contributed by atoms with Gasteiger partial charge < -0.3 is 14.7 Å². The lowest BCUT2D eigenvalue weighted by atomic mass is 10.0. The number of carbonyl (C=O) groups is 3. The molecule has 0 bridgehead atoms. The van der Waals surface area contributed by atoms with Gasteiger partial charge in [-0.05, 0) is 46.0 Å². The van der Waals surface area contributed by atoms with Crippen molar-refractivity contribution >= 4 is 18.0 Å². The molecule has 2 rings (SSSR count). The third-order valence-corrected chi connectivity index (χ3v) is 4.48. The number of nitriles is 1. The Morgan fingerprint density at radius 1 is 1.28 bits per heavy atom. The van der Waals surface area contributed by atoms with Crippen LogP contribution in [0.1, 0.15) is 46.5 Å². The number of likely N-dealkylation sites (tertiary alicyclic amines) is 2. The molecule has 138 valence electrons. The maximum Gasteiger partial charge on any atom is 0.407 e. The van der Waals surface area contributed by atoms with Crippen LogP contribution in [0.15, 0.2) is 0 Å². The van der Waals surface area contributed by atoms with E-state index in [2.05, 4.69) is 6.07 Å². The minimum absolute atomic E-state index is 0.0759. The second kappa shape index (κ2) is 7.30. The highest BCUT2D eigenvalue weighted by Crippen LogP contribution is 2.30. The number of amides is 2. The van der Waals surface area contributed by atoms with Crippen molar-refractivity contribution in [1.82, 2.24) is 9.80 Å². The summed E-state index contributed by atoms with van der Waals surface area (Å²) in [5.74, 6) is -0.992. The minimum atomic E-state index is -1.18. The van der Waals surface area contributed by atoms with Crippen molar-refractivity contribution in [3.8, 4) is 6.07 Å². The standard InChI is InChI=1S/C17H25N3O5/c1-17(2,3)25-14(21)8-11-7-13(20(10-11)16(23)24)15(22)19-6-4-5-12(19)9-18/h11-13H,4-8,10H2,1-3H3,(H,23,24)/t11-,12+,13+/m1/s1. The average molecular weight is 351 g/mol. The molecule has 2 aliphatic heterocycles. The van der Waals surface area contributed by atoms with E-state index in [-0.39, 0.29) is 31.2 Å². The number of nitrogens with zero attached hydrogens (tertiary/aromatic N) is 3. The summed E-state index contributed by atoms with van der Waals surface area (Å²) in [5, 5.41) is 18.6. The summed E-state index contributed by atoms with van der Waals surface area (Å²) in [6.45, 7) is 5.90. The van der Waals surface area contributed by atoms with Crippen molar-refractivity contribution in [1.29, 1.82) is 5.26 Å². The van der Waals surface area contributed by atoms with Gasteiger partial charge in [-0.3, -0.25) is 14.5 Å². The summed E-state index contributed by atoms with van der Waals surface area (Å²) in [6.07, 6.45) is 0.526. The van der Waals surface area contributed by atoms with E-state index in [4.69, 9.17) is 10.00 Å².